The molecule has 1 aliphatic rings. The van der Waals surface area contributed by atoms with E-state index in [0.29, 0.717) is 5.39 Å². The molecule has 1 saturated heterocycles. The molecule has 122 valence electrons. The number of carbonyl (C=O) groups excluding carboxylic acids is 2. The molecular weight excluding hydrogens is 305 g/mol. The second-order valence-electron chi connectivity index (χ2n) is 5.91. The van der Waals surface area contributed by atoms with E-state index in [-0.39, 0.29) is 17.1 Å². The molecule has 3 rings (SSSR count). The fraction of sp³-hybridized carbons (Fsp3) is 0.375. The molecule has 0 radical (unpaired) electrons. The highest BCUT2D eigenvalue weighted by Gasteiger charge is 2.54. The van der Waals surface area contributed by atoms with E-state index < -0.39 is 29.6 Å². The number of esters is 2. The number of carbonyl (C=O) groups is 2. The summed E-state index contributed by atoms with van der Waals surface area (Å²) in [4.78, 5) is 23.1. The molecule has 7 heteroatoms. The van der Waals surface area contributed by atoms with E-state index in [0.717, 1.165) is 11.6 Å². The number of nitrogens with two attached hydrogens (primary N) is 1. The van der Waals surface area contributed by atoms with Crippen LogP contribution in [0.4, 0.5) is 4.39 Å². The third-order valence-corrected chi connectivity index (χ3v) is 3.92. The number of benzene rings is 1. The maximum absolute atomic E-state index is 14.1. The van der Waals surface area contributed by atoms with Crippen molar-refractivity contribution in [3.8, 4) is 0 Å². The fourth-order valence-corrected chi connectivity index (χ4v) is 2.75. The Morgan fingerprint density at radius 3 is 2.26 bits per heavy atom. The summed E-state index contributed by atoms with van der Waals surface area (Å²) < 4.78 is 29.8. The van der Waals surface area contributed by atoms with Gasteiger partial charge >= 0.3 is 17.7 Å². The Morgan fingerprint density at radius 1 is 1.13 bits per heavy atom. The van der Waals surface area contributed by atoms with Crippen LogP contribution in [0.2, 0.25) is 0 Å². The summed E-state index contributed by atoms with van der Waals surface area (Å²) in [5.74, 6) is -4.73. The van der Waals surface area contributed by atoms with Crippen molar-refractivity contribution in [2.24, 2.45) is 5.73 Å². The minimum absolute atomic E-state index is 0.0774. The summed E-state index contributed by atoms with van der Waals surface area (Å²) in [7, 11) is 0. The van der Waals surface area contributed by atoms with Gasteiger partial charge in [0.05, 0.1) is 17.9 Å². The zero-order valence-electron chi connectivity index (χ0n) is 12.9. The van der Waals surface area contributed by atoms with Gasteiger partial charge in [0, 0.05) is 10.9 Å². The highest BCUT2D eigenvalue weighted by molar-refractivity contribution is 6.31. The molecule has 1 atom stereocenters. The first-order chi connectivity index (χ1) is 10.8. The Kier molecular flexibility index (Phi) is 3.40. The van der Waals surface area contributed by atoms with Crippen LogP contribution in [0.25, 0.3) is 11.0 Å². The van der Waals surface area contributed by atoms with Crippen LogP contribution in [0.5, 0.6) is 0 Å². The smallest absolute Gasteiger partial charge is 0.421 e. The summed E-state index contributed by atoms with van der Waals surface area (Å²) in [5, 5.41) is 0.522. The van der Waals surface area contributed by atoms with Gasteiger partial charge in [0.25, 0.3) is 0 Å². The van der Waals surface area contributed by atoms with E-state index in [4.69, 9.17) is 19.6 Å². The van der Waals surface area contributed by atoms with E-state index in [9.17, 15) is 14.0 Å². The van der Waals surface area contributed by atoms with Crippen LogP contribution >= 0.6 is 0 Å². The van der Waals surface area contributed by atoms with Gasteiger partial charge in [-0.3, -0.25) is 0 Å². The maximum atomic E-state index is 14.1. The van der Waals surface area contributed by atoms with Gasteiger partial charge in [-0.2, -0.15) is 0 Å². The Balaban J connectivity index is 2.30. The Morgan fingerprint density at radius 2 is 1.74 bits per heavy atom. The molecule has 0 spiro atoms. The number of furan rings is 1. The third-order valence-electron chi connectivity index (χ3n) is 3.92. The van der Waals surface area contributed by atoms with Gasteiger partial charge in [0.2, 0.25) is 0 Å². The molecule has 0 bridgehead atoms. The van der Waals surface area contributed by atoms with E-state index in [2.05, 4.69) is 0 Å². The Hall–Kier alpha value is -2.41. The largest absolute Gasteiger partial charge is 0.463 e. The number of hydrogen-bond donors (Lipinski definition) is 1. The van der Waals surface area contributed by atoms with Gasteiger partial charge in [-0.15, -0.1) is 0 Å². The van der Waals surface area contributed by atoms with Crippen LogP contribution in [0.3, 0.4) is 0 Å². The molecule has 1 fully saturated rings. The topological polar surface area (TPSA) is 91.8 Å². The van der Waals surface area contributed by atoms with Crippen LogP contribution in [0.1, 0.15) is 37.8 Å². The number of hydrogen-bond acceptors (Lipinski definition) is 6. The number of halogens is 1. The second kappa shape index (κ2) is 5.06. The summed E-state index contributed by atoms with van der Waals surface area (Å²) in [6.45, 7) is 5.37. The number of cyclic esters (lactones) is 2. The van der Waals surface area contributed by atoms with Crippen LogP contribution in [0, 0.1) is 5.82 Å². The second-order valence-corrected chi connectivity index (χ2v) is 5.91. The van der Waals surface area contributed by atoms with Crippen molar-refractivity contribution in [1.29, 1.82) is 0 Å². The summed E-state index contributed by atoms with van der Waals surface area (Å²) >= 11 is 0. The van der Waals surface area contributed by atoms with Crippen molar-refractivity contribution in [1.82, 2.24) is 0 Å². The van der Waals surface area contributed by atoms with Gasteiger partial charge in [-0.05, 0) is 25.0 Å². The van der Waals surface area contributed by atoms with Crippen molar-refractivity contribution in [3.63, 3.8) is 0 Å². The summed E-state index contributed by atoms with van der Waals surface area (Å²) in [5.41, 5.74) is 7.02. The average Bonchev–Trinajstić information content (AvgIpc) is 3.00. The van der Waals surface area contributed by atoms with E-state index in [1.54, 1.807) is 0 Å². The lowest BCUT2D eigenvalue weighted by Crippen LogP contribution is -2.45. The van der Waals surface area contributed by atoms with E-state index >= 15 is 0 Å². The molecule has 23 heavy (non-hydrogen) atoms. The van der Waals surface area contributed by atoms with Crippen LogP contribution in [-0.4, -0.2) is 18.0 Å². The SMILES string of the molecule is CC(C)c1coc2c(C3(C(C)N)OC(=O)C(=O)O3)cc(F)cc12. The van der Waals surface area contributed by atoms with E-state index in [1.807, 2.05) is 13.8 Å². The van der Waals surface area contributed by atoms with Crippen molar-refractivity contribution >= 4 is 22.9 Å². The van der Waals surface area contributed by atoms with Gasteiger partial charge < -0.3 is 19.6 Å². The minimum atomic E-state index is -1.90. The fourth-order valence-electron chi connectivity index (χ4n) is 2.75. The summed E-state index contributed by atoms with van der Waals surface area (Å²) in [6, 6.07) is 1.51. The highest BCUT2D eigenvalue weighted by atomic mass is 19.1. The molecule has 1 aromatic carbocycles. The molecule has 1 unspecified atom stereocenters. The molecule has 0 amide bonds. The Labute approximate surface area is 131 Å². The van der Waals surface area contributed by atoms with Gasteiger partial charge in [-0.1, -0.05) is 13.8 Å². The number of fused-ring (bicyclic) bond motifs is 1. The lowest BCUT2D eigenvalue weighted by molar-refractivity contribution is -0.191. The average molecular weight is 321 g/mol. The molecule has 2 aromatic rings. The molecule has 0 saturated carbocycles. The molecule has 0 aliphatic carbocycles. The van der Waals surface area contributed by atoms with Crippen LogP contribution in [-0.2, 0) is 24.8 Å². The van der Waals surface area contributed by atoms with Gasteiger partial charge in [-0.25, -0.2) is 14.0 Å². The lowest BCUT2D eigenvalue weighted by atomic mass is 9.94. The standard InChI is InChI=1S/C16H16FNO5/c1-7(2)11-6-21-13-10(11)4-9(17)5-12(13)16(8(3)18)22-14(19)15(20)23-16/h4-8H,18H2,1-3H3. The van der Waals surface area contributed by atoms with Gasteiger partial charge in [0.1, 0.15) is 11.4 Å². The summed E-state index contributed by atoms with van der Waals surface area (Å²) in [6.07, 6.45) is 1.51. The third kappa shape index (κ3) is 2.19. The van der Waals surface area contributed by atoms with E-state index in [1.165, 1.54) is 19.3 Å². The van der Waals surface area contributed by atoms with Crippen molar-refractivity contribution in [3.05, 3.63) is 35.3 Å². The normalized spacial score (nSPS) is 18.3. The number of ether oxygens (including phenoxy) is 2. The zero-order valence-corrected chi connectivity index (χ0v) is 12.9. The van der Waals surface area contributed by atoms with Crippen molar-refractivity contribution in [2.75, 3.05) is 0 Å². The monoisotopic (exact) mass is 321 g/mol. The molecule has 6 nitrogen and oxygen atoms in total. The van der Waals surface area contributed by atoms with Crippen LogP contribution in [0.15, 0.2) is 22.8 Å². The lowest BCUT2D eigenvalue weighted by Gasteiger charge is -2.29. The first kappa shape index (κ1) is 15.5. The predicted octanol–water partition coefficient (Wildman–Crippen LogP) is 2.30. The predicted molar refractivity (Wildman–Crippen MR) is 77.8 cm³/mol. The first-order valence-electron chi connectivity index (χ1n) is 7.19. The first-order valence-corrected chi connectivity index (χ1v) is 7.19. The Bertz CT molecular complexity index is 792. The minimum Gasteiger partial charge on any atom is -0.463 e. The van der Waals surface area contributed by atoms with Crippen molar-refractivity contribution < 1.29 is 27.9 Å². The van der Waals surface area contributed by atoms with Gasteiger partial charge in [0.15, 0.2) is 0 Å². The number of rotatable bonds is 3. The highest BCUT2D eigenvalue weighted by Crippen LogP contribution is 2.41. The quantitative estimate of drug-likeness (QED) is 0.689. The molecule has 2 heterocycles. The van der Waals surface area contributed by atoms with Crippen molar-refractivity contribution in [2.45, 2.75) is 38.5 Å². The molecule has 2 N–H and O–H groups in total. The molecule has 1 aromatic heterocycles. The maximum Gasteiger partial charge on any atom is 0.421 e. The molecular formula is C16H16FNO5. The van der Waals surface area contributed by atoms with Crippen LogP contribution < -0.4 is 5.73 Å². The molecule has 1 aliphatic heterocycles. The zero-order chi connectivity index (χ0) is 16.9.